The van der Waals surface area contributed by atoms with Crippen molar-refractivity contribution in [2.75, 3.05) is 0 Å². The van der Waals surface area contributed by atoms with Crippen molar-refractivity contribution in [1.29, 1.82) is 0 Å². The minimum Gasteiger partial charge on any atom is -0.465 e. The fourth-order valence-electron chi connectivity index (χ4n) is 1.32. The second-order valence-electron chi connectivity index (χ2n) is 3.57. The molecule has 1 rings (SSSR count). The van der Waals surface area contributed by atoms with Crippen LogP contribution in [0.2, 0.25) is 0 Å². The van der Waals surface area contributed by atoms with Crippen LogP contribution in [0, 0.1) is 0 Å². The first-order valence-corrected chi connectivity index (χ1v) is 4.04. The van der Waals surface area contributed by atoms with E-state index in [1.807, 2.05) is 13.8 Å². The summed E-state index contributed by atoms with van der Waals surface area (Å²) in [6.45, 7) is 6.87. The lowest BCUT2D eigenvalue weighted by Gasteiger charge is -2.18. The summed E-state index contributed by atoms with van der Waals surface area (Å²) < 4.78 is 5.29. The minimum atomic E-state index is -0.553. The van der Waals surface area contributed by atoms with Gasteiger partial charge < -0.3 is 9.94 Å². The van der Waals surface area contributed by atoms with Crippen molar-refractivity contribution < 1.29 is 14.7 Å². The highest BCUT2D eigenvalue weighted by Crippen LogP contribution is 2.32. The summed E-state index contributed by atoms with van der Waals surface area (Å²) >= 11 is 0. The van der Waals surface area contributed by atoms with E-state index in [9.17, 15) is 4.79 Å². The van der Waals surface area contributed by atoms with Crippen molar-refractivity contribution in [2.24, 2.45) is 5.16 Å². The lowest BCUT2D eigenvalue weighted by Crippen LogP contribution is -2.21. The molecule has 0 radical (unpaired) electrons. The molecular formula is C9H13NO3. The summed E-state index contributed by atoms with van der Waals surface area (Å²) in [5.74, 6) is -0.120. The summed E-state index contributed by atoms with van der Waals surface area (Å²) in [4.78, 5) is 11.2. The van der Waals surface area contributed by atoms with Gasteiger partial charge in [-0.05, 0) is 38.4 Å². The van der Waals surface area contributed by atoms with E-state index in [4.69, 9.17) is 9.94 Å². The first kappa shape index (κ1) is 9.77. The number of Topliss-reactive ketones (excluding diaryl/α,β-unsaturated/α-hetero) is 1. The molecule has 1 heterocycles. The Morgan fingerprint density at radius 2 is 2.08 bits per heavy atom. The predicted molar refractivity (Wildman–Crippen MR) is 47.8 cm³/mol. The summed E-state index contributed by atoms with van der Waals surface area (Å²) in [5.41, 5.74) is 0.628. The number of ketones is 1. The van der Waals surface area contributed by atoms with Crippen LogP contribution < -0.4 is 0 Å². The third-order valence-corrected chi connectivity index (χ3v) is 2.29. The highest BCUT2D eigenvalue weighted by atomic mass is 16.5. The van der Waals surface area contributed by atoms with Gasteiger partial charge in [0.1, 0.15) is 5.60 Å². The van der Waals surface area contributed by atoms with Crippen molar-refractivity contribution in [3.63, 3.8) is 0 Å². The minimum absolute atomic E-state index is 0.0231. The molecule has 0 saturated heterocycles. The Morgan fingerprint density at radius 3 is 2.38 bits per heavy atom. The highest BCUT2D eigenvalue weighted by molar-refractivity contribution is 6.20. The van der Waals surface area contributed by atoms with Crippen molar-refractivity contribution >= 4 is 11.7 Å². The number of nitrogens with zero attached hydrogens (tertiary/aromatic N) is 1. The summed E-state index contributed by atoms with van der Waals surface area (Å²) in [5, 5.41) is 11.6. The lowest BCUT2D eigenvalue weighted by molar-refractivity contribution is -0.113. The van der Waals surface area contributed by atoms with Crippen LogP contribution in [0.15, 0.2) is 16.3 Å². The summed E-state index contributed by atoms with van der Waals surface area (Å²) in [7, 11) is 0. The molecule has 4 heteroatoms. The average molecular weight is 183 g/mol. The number of rotatable bonds is 1. The van der Waals surface area contributed by atoms with Crippen molar-refractivity contribution in [1.82, 2.24) is 0 Å². The van der Waals surface area contributed by atoms with Gasteiger partial charge in [0, 0.05) is 0 Å². The standard InChI is InChI=1S/C9H13NO3/c1-5-7(6(2)11)8(10-12)13-9(5,3)4/h12H,1-4H3. The maximum absolute atomic E-state index is 11.2. The normalized spacial score (nSPS) is 23.5. The van der Waals surface area contributed by atoms with Crippen LogP contribution in [0.3, 0.4) is 0 Å². The lowest BCUT2D eigenvalue weighted by atomic mass is 9.96. The molecule has 0 fully saturated rings. The molecular weight excluding hydrogens is 170 g/mol. The van der Waals surface area contributed by atoms with E-state index < -0.39 is 5.60 Å². The second-order valence-corrected chi connectivity index (χ2v) is 3.57. The van der Waals surface area contributed by atoms with Crippen molar-refractivity contribution in [2.45, 2.75) is 33.3 Å². The highest BCUT2D eigenvalue weighted by Gasteiger charge is 2.38. The van der Waals surface area contributed by atoms with Gasteiger partial charge >= 0.3 is 0 Å². The van der Waals surface area contributed by atoms with Crippen LogP contribution in [0.25, 0.3) is 0 Å². The third kappa shape index (κ3) is 1.43. The maximum atomic E-state index is 11.2. The van der Waals surface area contributed by atoms with Crippen LogP contribution in [-0.2, 0) is 9.53 Å². The van der Waals surface area contributed by atoms with Crippen LogP contribution in [-0.4, -0.2) is 22.5 Å². The third-order valence-electron chi connectivity index (χ3n) is 2.29. The van der Waals surface area contributed by atoms with Gasteiger partial charge in [-0.1, -0.05) is 0 Å². The Hall–Kier alpha value is -1.32. The summed E-state index contributed by atoms with van der Waals surface area (Å²) in [6, 6.07) is 0. The molecule has 0 aromatic heterocycles. The molecule has 1 aliphatic rings. The first-order valence-electron chi connectivity index (χ1n) is 4.04. The Bertz CT molecular complexity index is 313. The van der Waals surface area contributed by atoms with E-state index in [-0.39, 0.29) is 11.7 Å². The van der Waals surface area contributed by atoms with Crippen molar-refractivity contribution in [3.8, 4) is 0 Å². The SMILES string of the molecule is CC(=O)C1=C(C)C(C)(C)OC1=NO. The zero-order valence-electron chi connectivity index (χ0n) is 8.21. The van der Waals surface area contributed by atoms with Gasteiger partial charge in [0.25, 0.3) is 5.90 Å². The number of oxime groups is 1. The molecule has 0 spiro atoms. The van der Waals surface area contributed by atoms with Gasteiger partial charge in [0.05, 0.1) is 5.57 Å². The fraction of sp³-hybridized carbons (Fsp3) is 0.556. The smallest absolute Gasteiger partial charge is 0.261 e. The zero-order valence-corrected chi connectivity index (χ0v) is 8.21. The van der Waals surface area contributed by atoms with E-state index in [0.29, 0.717) is 5.57 Å². The molecule has 0 aromatic rings. The molecule has 0 saturated carbocycles. The van der Waals surface area contributed by atoms with Gasteiger partial charge in [-0.2, -0.15) is 0 Å². The number of ether oxygens (including phenoxy) is 1. The number of hydrogen-bond acceptors (Lipinski definition) is 4. The Labute approximate surface area is 76.9 Å². The molecule has 0 bridgehead atoms. The van der Waals surface area contributed by atoms with Crippen LogP contribution >= 0.6 is 0 Å². The Kier molecular flexibility index (Phi) is 2.15. The van der Waals surface area contributed by atoms with E-state index in [1.165, 1.54) is 6.92 Å². The molecule has 0 aromatic carbocycles. The van der Waals surface area contributed by atoms with Gasteiger partial charge in [0.15, 0.2) is 5.78 Å². The molecule has 4 nitrogen and oxygen atoms in total. The topological polar surface area (TPSA) is 58.9 Å². The average Bonchev–Trinajstić information content (AvgIpc) is 2.23. The number of carbonyl (C=O) groups is 1. The monoisotopic (exact) mass is 183 g/mol. The molecule has 1 N–H and O–H groups in total. The van der Waals surface area contributed by atoms with E-state index in [2.05, 4.69) is 5.16 Å². The first-order chi connectivity index (χ1) is 5.90. The maximum Gasteiger partial charge on any atom is 0.261 e. The zero-order chi connectivity index (χ0) is 10.2. The molecule has 72 valence electrons. The van der Waals surface area contributed by atoms with Gasteiger partial charge in [-0.3, -0.25) is 4.79 Å². The molecule has 13 heavy (non-hydrogen) atoms. The van der Waals surface area contributed by atoms with E-state index >= 15 is 0 Å². The van der Waals surface area contributed by atoms with Gasteiger partial charge in [-0.25, -0.2) is 0 Å². The molecule has 1 aliphatic heterocycles. The quantitative estimate of drug-likeness (QED) is 0.495. The van der Waals surface area contributed by atoms with Crippen molar-refractivity contribution in [3.05, 3.63) is 11.1 Å². The number of carbonyl (C=O) groups excluding carboxylic acids is 1. The van der Waals surface area contributed by atoms with Crippen LogP contribution in [0.5, 0.6) is 0 Å². The molecule has 0 amide bonds. The van der Waals surface area contributed by atoms with Gasteiger partial charge in [0.2, 0.25) is 0 Å². The van der Waals surface area contributed by atoms with Crippen LogP contribution in [0.4, 0.5) is 0 Å². The predicted octanol–water partition coefficient (Wildman–Crippen LogP) is 1.49. The van der Waals surface area contributed by atoms with E-state index in [1.54, 1.807) is 6.92 Å². The molecule has 0 unspecified atom stereocenters. The Balaban J connectivity index is 3.25. The fourth-order valence-corrected chi connectivity index (χ4v) is 1.32. The second kappa shape index (κ2) is 2.87. The largest absolute Gasteiger partial charge is 0.465 e. The number of hydrogen-bond donors (Lipinski definition) is 1. The summed E-state index contributed by atoms with van der Waals surface area (Å²) in [6.07, 6.45) is 0. The molecule has 0 aliphatic carbocycles. The molecule has 0 atom stereocenters. The van der Waals surface area contributed by atoms with E-state index in [0.717, 1.165) is 5.57 Å². The van der Waals surface area contributed by atoms with Gasteiger partial charge in [-0.15, -0.1) is 0 Å². The van der Waals surface area contributed by atoms with Crippen LogP contribution in [0.1, 0.15) is 27.7 Å². The Morgan fingerprint density at radius 1 is 1.54 bits per heavy atom.